The maximum absolute atomic E-state index is 15.3. The molecule has 0 spiro atoms. The molecule has 1 aliphatic heterocycles. The van der Waals surface area contributed by atoms with Crippen molar-refractivity contribution in [2.24, 2.45) is 22.5 Å². The number of carbonyl (C=O) groups is 5. The highest BCUT2D eigenvalue weighted by Gasteiger charge is 2.78. The van der Waals surface area contributed by atoms with Crippen LogP contribution < -0.4 is 5.73 Å². The second kappa shape index (κ2) is 14.0. The van der Waals surface area contributed by atoms with Gasteiger partial charge in [0, 0.05) is 32.1 Å². The van der Waals surface area contributed by atoms with Crippen LogP contribution in [0.4, 0.5) is 0 Å². The average Bonchev–Trinajstić information content (AvgIpc) is 3.12. The monoisotopic (exact) mass is 749 g/mol. The van der Waals surface area contributed by atoms with E-state index in [0.717, 1.165) is 13.8 Å². The third kappa shape index (κ3) is 6.04. The van der Waals surface area contributed by atoms with E-state index in [1.807, 2.05) is 0 Å². The lowest BCUT2D eigenvalue weighted by Gasteiger charge is -2.67. The van der Waals surface area contributed by atoms with Crippen molar-refractivity contribution in [1.82, 2.24) is 0 Å². The first-order valence-corrected chi connectivity index (χ1v) is 17.9. The number of hydrogen-bond donors (Lipinski definition) is 4. The summed E-state index contributed by atoms with van der Waals surface area (Å²) < 4.78 is 29.9. The molecule has 3 fully saturated rings. The smallest absolute Gasteiger partial charge is 0.338 e. The second-order valence-electron chi connectivity index (χ2n) is 15.6. The number of benzene rings is 2. The number of carbonyl (C=O) groups excluding carboxylic acids is 5. The normalized spacial score (nSPS) is 35.0. The lowest BCUT2D eigenvalue weighted by atomic mass is 9.44. The molecule has 1 heterocycles. The fraction of sp³-hybridized carbons (Fsp3) is 0.525. The van der Waals surface area contributed by atoms with Crippen molar-refractivity contribution in [2.75, 3.05) is 6.61 Å². The lowest BCUT2D eigenvalue weighted by Crippen LogP contribution is -2.82. The molecule has 11 atom stereocenters. The molecular weight excluding hydrogens is 702 g/mol. The largest absolute Gasteiger partial charge is 0.456 e. The SMILES string of the molecule is CC(=O)O[C@H]1C(=O)[C@@]2(C)C([C@H](OC(=O)c3ccccc3)[C@]3(O)C[C@H](OC(=O)[C@H](O)[C@@H](N)c4ccccc4)C(C)=C1C3(C)C)[C@]1(OC(C)=O)CO[C@@H]1C[C@@H]2O. The van der Waals surface area contributed by atoms with E-state index >= 15 is 4.79 Å². The molecule has 0 radical (unpaired) electrons. The van der Waals surface area contributed by atoms with Gasteiger partial charge in [-0.3, -0.25) is 14.4 Å². The van der Waals surface area contributed by atoms with Gasteiger partial charge >= 0.3 is 23.9 Å². The molecule has 2 saturated carbocycles. The summed E-state index contributed by atoms with van der Waals surface area (Å²) in [5.41, 5.74) is -0.605. The number of hydrogen-bond acceptors (Lipinski definition) is 14. The number of esters is 4. The average molecular weight is 750 g/mol. The summed E-state index contributed by atoms with van der Waals surface area (Å²) in [6.07, 6.45) is -9.98. The minimum atomic E-state index is -2.32. The Morgan fingerprint density at radius 2 is 1.54 bits per heavy atom. The minimum Gasteiger partial charge on any atom is -0.456 e. The number of aliphatic hydroxyl groups is 3. The van der Waals surface area contributed by atoms with Crippen LogP contribution in [0.5, 0.6) is 0 Å². The van der Waals surface area contributed by atoms with Crippen LogP contribution >= 0.6 is 0 Å². The number of aliphatic hydroxyl groups excluding tert-OH is 2. The molecule has 3 aliphatic carbocycles. The Hall–Kier alpha value is -4.47. The Bertz CT molecular complexity index is 1860. The number of fused-ring (bicyclic) bond motifs is 5. The van der Waals surface area contributed by atoms with Crippen molar-refractivity contribution in [3.05, 3.63) is 82.9 Å². The number of ether oxygens (including phenoxy) is 5. The molecular formula is C40H47NO13. The van der Waals surface area contributed by atoms with Gasteiger partial charge < -0.3 is 44.7 Å². The molecule has 2 bridgehead atoms. The molecule has 14 heteroatoms. The number of ketones is 1. The van der Waals surface area contributed by atoms with Crippen molar-refractivity contribution >= 4 is 29.7 Å². The van der Waals surface area contributed by atoms with E-state index in [4.69, 9.17) is 29.4 Å². The van der Waals surface area contributed by atoms with Crippen molar-refractivity contribution in [3.8, 4) is 0 Å². The Morgan fingerprint density at radius 1 is 0.926 bits per heavy atom. The maximum atomic E-state index is 15.3. The first kappa shape index (κ1) is 39.2. The molecule has 1 unspecified atom stereocenters. The fourth-order valence-corrected chi connectivity index (χ4v) is 9.23. The van der Waals surface area contributed by atoms with Crippen molar-refractivity contribution in [1.29, 1.82) is 0 Å². The molecule has 0 aromatic heterocycles. The second-order valence-corrected chi connectivity index (χ2v) is 15.6. The molecule has 2 aromatic carbocycles. The van der Waals surface area contributed by atoms with E-state index in [1.54, 1.807) is 69.3 Å². The van der Waals surface area contributed by atoms with E-state index in [0.29, 0.717) is 5.56 Å². The highest BCUT2D eigenvalue weighted by atomic mass is 16.6. The van der Waals surface area contributed by atoms with Gasteiger partial charge in [-0.1, -0.05) is 62.4 Å². The third-order valence-electron chi connectivity index (χ3n) is 12.2. The highest BCUT2D eigenvalue weighted by molar-refractivity contribution is 5.95. The predicted octanol–water partition coefficient (Wildman–Crippen LogP) is 2.26. The maximum Gasteiger partial charge on any atom is 0.338 e. The zero-order chi connectivity index (χ0) is 39.5. The molecule has 4 aliphatic rings. The van der Waals surface area contributed by atoms with Crippen LogP contribution in [0.2, 0.25) is 0 Å². The first-order valence-electron chi connectivity index (χ1n) is 17.9. The zero-order valence-electron chi connectivity index (χ0n) is 31.0. The Balaban J connectivity index is 1.58. The van der Waals surface area contributed by atoms with Gasteiger partial charge in [0.1, 0.15) is 23.9 Å². The van der Waals surface area contributed by atoms with Gasteiger partial charge in [0.2, 0.25) is 0 Å². The van der Waals surface area contributed by atoms with Crippen LogP contribution in [-0.2, 0) is 42.9 Å². The molecule has 54 heavy (non-hydrogen) atoms. The summed E-state index contributed by atoms with van der Waals surface area (Å²) in [4.78, 5) is 68.7. The molecule has 1 saturated heterocycles. The third-order valence-corrected chi connectivity index (χ3v) is 12.2. The van der Waals surface area contributed by atoms with Crippen LogP contribution in [-0.4, -0.2) is 99.4 Å². The molecule has 14 nitrogen and oxygen atoms in total. The summed E-state index contributed by atoms with van der Waals surface area (Å²) in [5, 5.41) is 36.5. The molecule has 5 N–H and O–H groups in total. The van der Waals surface area contributed by atoms with Crippen LogP contribution in [0.15, 0.2) is 71.8 Å². The quantitative estimate of drug-likeness (QED) is 0.173. The van der Waals surface area contributed by atoms with Gasteiger partial charge in [-0.15, -0.1) is 0 Å². The minimum absolute atomic E-state index is 0.0391. The highest BCUT2D eigenvalue weighted by Crippen LogP contribution is 2.64. The van der Waals surface area contributed by atoms with Crippen molar-refractivity contribution in [2.45, 2.75) is 108 Å². The van der Waals surface area contributed by atoms with Gasteiger partial charge in [-0.2, -0.15) is 0 Å². The van der Waals surface area contributed by atoms with E-state index in [-0.39, 0.29) is 29.7 Å². The molecule has 2 aromatic rings. The summed E-state index contributed by atoms with van der Waals surface area (Å²) in [7, 11) is 0. The standard InChI is InChI=1S/C40H47NO13/c1-20-25(52-36(48)30(45)29(41)23-13-9-7-10-14-23)18-40(49)34(53-35(47)24-15-11-8-12-16-24)32-38(6,26(44)17-27-39(32,19-50-27)54-22(3)43)33(46)31(51-21(2)42)28(20)37(40,4)5/h7-16,25-27,29-32,34,44-45,49H,17-19,41H2,1-6H3/t25-,26-,27+,29-,30+,31+,32?,34-,38+,39-,40+/m0/s1. The van der Waals surface area contributed by atoms with Crippen LogP contribution in [0.25, 0.3) is 0 Å². The van der Waals surface area contributed by atoms with Crippen molar-refractivity contribution < 1.29 is 63.0 Å². The van der Waals surface area contributed by atoms with E-state index in [9.17, 15) is 34.5 Å². The van der Waals surface area contributed by atoms with Gasteiger partial charge in [-0.05, 0) is 42.7 Å². The topological polar surface area (TPSA) is 218 Å². The van der Waals surface area contributed by atoms with E-state index < -0.39 is 107 Å². The summed E-state index contributed by atoms with van der Waals surface area (Å²) in [5.74, 6) is -6.01. The zero-order valence-corrected chi connectivity index (χ0v) is 31.0. The van der Waals surface area contributed by atoms with Gasteiger partial charge in [0.25, 0.3) is 0 Å². The Morgan fingerprint density at radius 3 is 2.09 bits per heavy atom. The Kier molecular flexibility index (Phi) is 10.2. The lowest BCUT2D eigenvalue weighted by molar-refractivity contribution is -0.346. The Labute approximate surface area is 312 Å². The first-order chi connectivity index (χ1) is 25.3. The number of rotatable bonds is 8. The van der Waals surface area contributed by atoms with Gasteiger partial charge in [-0.25, -0.2) is 9.59 Å². The summed E-state index contributed by atoms with van der Waals surface area (Å²) in [6, 6.07) is 15.1. The summed E-state index contributed by atoms with van der Waals surface area (Å²) in [6.45, 7) is 8.08. The molecule has 0 amide bonds. The van der Waals surface area contributed by atoms with Crippen LogP contribution in [0.3, 0.4) is 0 Å². The van der Waals surface area contributed by atoms with Crippen molar-refractivity contribution in [3.63, 3.8) is 0 Å². The van der Waals surface area contributed by atoms with Gasteiger partial charge in [0.15, 0.2) is 23.6 Å². The molecule has 290 valence electrons. The number of Topliss-reactive ketones (excluding diaryl/α,β-unsaturated/α-hetero) is 1. The summed E-state index contributed by atoms with van der Waals surface area (Å²) >= 11 is 0. The predicted molar refractivity (Wildman–Crippen MR) is 188 cm³/mol. The van der Waals surface area contributed by atoms with Gasteiger partial charge in [0.05, 0.1) is 35.6 Å². The van der Waals surface area contributed by atoms with Crippen LogP contribution in [0.1, 0.15) is 76.3 Å². The molecule has 6 rings (SSSR count). The van der Waals surface area contributed by atoms with E-state index in [2.05, 4.69) is 0 Å². The fourth-order valence-electron chi connectivity index (χ4n) is 9.23. The van der Waals surface area contributed by atoms with Crippen LogP contribution in [0, 0.1) is 16.7 Å². The number of nitrogens with two attached hydrogens (primary N) is 1. The van der Waals surface area contributed by atoms with E-state index in [1.165, 1.54) is 19.1 Å².